The number of ether oxygens (including phenoxy) is 3. The van der Waals surface area contributed by atoms with E-state index in [9.17, 15) is 4.79 Å². The largest absolute Gasteiger partial charge is 0.497 e. The number of benzene rings is 2. The summed E-state index contributed by atoms with van der Waals surface area (Å²) in [7, 11) is 1.62. The van der Waals surface area contributed by atoms with E-state index >= 15 is 0 Å². The molecule has 4 rings (SSSR count). The third-order valence-corrected chi connectivity index (χ3v) is 5.24. The van der Waals surface area contributed by atoms with Gasteiger partial charge in [-0.25, -0.2) is 4.79 Å². The highest BCUT2D eigenvalue weighted by atomic mass is 16.5. The van der Waals surface area contributed by atoms with Crippen LogP contribution < -0.4 is 14.8 Å². The maximum absolute atomic E-state index is 12.8. The Labute approximate surface area is 171 Å². The number of anilines is 1. The van der Waals surface area contributed by atoms with E-state index in [2.05, 4.69) is 22.3 Å². The molecule has 1 N–H and O–H groups in total. The average Bonchev–Trinajstić information content (AvgIpc) is 2.97. The summed E-state index contributed by atoms with van der Waals surface area (Å²) in [6.45, 7) is 5.89. The summed E-state index contributed by atoms with van der Waals surface area (Å²) in [5.41, 5.74) is 3.01. The molecule has 2 aromatic carbocycles. The van der Waals surface area contributed by atoms with E-state index in [1.165, 1.54) is 5.56 Å². The van der Waals surface area contributed by atoms with Gasteiger partial charge in [0.25, 0.3) is 0 Å². The van der Waals surface area contributed by atoms with E-state index in [1.807, 2.05) is 30.3 Å². The molecule has 0 saturated carbocycles. The molecule has 0 aromatic heterocycles. The van der Waals surface area contributed by atoms with E-state index in [0.29, 0.717) is 19.7 Å². The van der Waals surface area contributed by atoms with E-state index in [1.54, 1.807) is 12.0 Å². The first-order valence-electron chi connectivity index (χ1n) is 9.96. The minimum atomic E-state index is -0.134. The predicted molar refractivity (Wildman–Crippen MR) is 110 cm³/mol. The molecular formula is C22H27N3O4. The number of carbonyl (C=O) groups excluding carboxylic acids is 1. The maximum Gasteiger partial charge on any atom is 0.322 e. The second-order valence-corrected chi connectivity index (χ2v) is 7.26. The fourth-order valence-electron chi connectivity index (χ4n) is 3.61. The lowest BCUT2D eigenvalue weighted by Gasteiger charge is -2.27. The highest BCUT2D eigenvalue weighted by molar-refractivity contribution is 5.89. The monoisotopic (exact) mass is 397 g/mol. The van der Waals surface area contributed by atoms with Gasteiger partial charge in [-0.05, 0) is 42.0 Å². The van der Waals surface area contributed by atoms with Gasteiger partial charge in [0, 0.05) is 30.9 Å². The zero-order chi connectivity index (χ0) is 20.1. The molecule has 2 aromatic rings. The zero-order valence-electron chi connectivity index (χ0n) is 16.7. The minimum Gasteiger partial charge on any atom is -0.497 e. The average molecular weight is 397 g/mol. The minimum absolute atomic E-state index is 0.134. The van der Waals surface area contributed by atoms with Crippen LogP contribution in [0.5, 0.6) is 11.5 Å². The van der Waals surface area contributed by atoms with Crippen molar-refractivity contribution in [3.8, 4) is 11.5 Å². The fourth-order valence-corrected chi connectivity index (χ4v) is 3.61. The highest BCUT2D eigenvalue weighted by Crippen LogP contribution is 2.26. The van der Waals surface area contributed by atoms with Crippen molar-refractivity contribution in [2.45, 2.75) is 13.1 Å². The number of rotatable bonds is 4. The molecule has 0 atom stereocenters. The lowest BCUT2D eigenvalue weighted by Crippen LogP contribution is -2.36. The third kappa shape index (κ3) is 4.99. The molecule has 0 radical (unpaired) electrons. The highest BCUT2D eigenvalue weighted by Gasteiger charge is 2.21. The number of methoxy groups -OCH3 is 1. The molecule has 0 unspecified atom stereocenters. The van der Waals surface area contributed by atoms with E-state index in [-0.39, 0.29) is 6.03 Å². The first-order valence-corrected chi connectivity index (χ1v) is 9.96. The van der Waals surface area contributed by atoms with E-state index in [4.69, 9.17) is 14.2 Å². The third-order valence-electron chi connectivity index (χ3n) is 5.24. The Bertz CT molecular complexity index is 834. The van der Waals surface area contributed by atoms with Crippen LogP contribution in [0.2, 0.25) is 0 Å². The normalized spacial score (nSPS) is 17.1. The summed E-state index contributed by atoms with van der Waals surface area (Å²) in [5, 5.41) is 2.96. The van der Waals surface area contributed by atoms with Crippen molar-refractivity contribution in [2.75, 3.05) is 51.9 Å². The Balaban J connectivity index is 1.43. The Kier molecular flexibility index (Phi) is 6.17. The second kappa shape index (κ2) is 9.15. The molecule has 7 nitrogen and oxygen atoms in total. The summed E-state index contributed by atoms with van der Waals surface area (Å²) in [5.74, 6) is 1.61. The van der Waals surface area contributed by atoms with Crippen LogP contribution in [0.4, 0.5) is 10.5 Å². The van der Waals surface area contributed by atoms with Gasteiger partial charge in [-0.2, -0.15) is 0 Å². The van der Waals surface area contributed by atoms with Crippen molar-refractivity contribution in [1.29, 1.82) is 0 Å². The first kappa shape index (κ1) is 19.5. The number of morpholine rings is 1. The molecule has 1 fully saturated rings. The SMILES string of the molecule is COc1ccc(NC(=O)N2CCOc3ccc(CN4CCOCC4)cc3C2)cc1. The lowest BCUT2D eigenvalue weighted by molar-refractivity contribution is 0.0342. The number of nitrogens with one attached hydrogen (secondary N) is 1. The molecule has 0 spiro atoms. The van der Waals surface area contributed by atoms with Gasteiger partial charge in [-0.15, -0.1) is 0 Å². The summed E-state index contributed by atoms with van der Waals surface area (Å²) in [6.07, 6.45) is 0. The number of fused-ring (bicyclic) bond motifs is 1. The topological polar surface area (TPSA) is 63.3 Å². The Morgan fingerprint density at radius 1 is 1.07 bits per heavy atom. The Hall–Kier alpha value is -2.77. The van der Waals surface area contributed by atoms with Gasteiger partial charge in [-0.3, -0.25) is 4.90 Å². The molecule has 7 heteroatoms. The van der Waals surface area contributed by atoms with Gasteiger partial charge in [0.2, 0.25) is 0 Å². The van der Waals surface area contributed by atoms with Crippen LogP contribution in [0.25, 0.3) is 0 Å². The van der Waals surface area contributed by atoms with Crippen molar-refractivity contribution >= 4 is 11.7 Å². The number of urea groups is 1. The molecular weight excluding hydrogens is 370 g/mol. The van der Waals surface area contributed by atoms with Crippen LogP contribution >= 0.6 is 0 Å². The van der Waals surface area contributed by atoms with Gasteiger partial charge in [0.1, 0.15) is 18.1 Å². The van der Waals surface area contributed by atoms with Crippen LogP contribution in [-0.4, -0.2) is 62.4 Å². The molecule has 29 heavy (non-hydrogen) atoms. The quantitative estimate of drug-likeness (QED) is 0.860. The van der Waals surface area contributed by atoms with E-state index < -0.39 is 0 Å². The van der Waals surface area contributed by atoms with Gasteiger partial charge in [-0.1, -0.05) is 6.07 Å². The van der Waals surface area contributed by atoms with Crippen molar-refractivity contribution in [1.82, 2.24) is 9.80 Å². The van der Waals surface area contributed by atoms with Crippen LogP contribution in [0.1, 0.15) is 11.1 Å². The molecule has 1 saturated heterocycles. The van der Waals surface area contributed by atoms with Crippen molar-refractivity contribution in [3.63, 3.8) is 0 Å². The molecule has 2 amide bonds. The zero-order valence-corrected chi connectivity index (χ0v) is 16.7. The van der Waals surface area contributed by atoms with Crippen molar-refractivity contribution < 1.29 is 19.0 Å². The number of carbonyl (C=O) groups is 1. The molecule has 2 aliphatic heterocycles. The molecule has 0 bridgehead atoms. The van der Waals surface area contributed by atoms with Crippen LogP contribution in [0, 0.1) is 0 Å². The van der Waals surface area contributed by atoms with Gasteiger partial charge in [0.15, 0.2) is 0 Å². The smallest absolute Gasteiger partial charge is 0.322 e. The number of nitrogens with zero attached hydrogens (tertiary/aromatic N) is 2. The van der Waals surface area contributed by atoms with Gasteiger partial charge in [0.05, 0.1) is 33.4 Å². The predicted octanol–water partition coefficient (Wildman–Crippen LogP) is 2.95. The van der Waals surface area contributed by atoms with Crippen LogP contribution in [-0.2, 0) is 17.8 Å². The Morgan fingerprint density at radius 3 is 2.62 bits per heavy atom. The fraction of sp³-hybridized carbons (Fsp3) is 0.409. The summed E-state index contributed by atoms with van der Waals surface area (Å²) in [4.78, 5) is 17.0. The summed E-state index contributed by atoms with van der Waals surface area (Å²) in [6, 6.07) is 13.5. The molecule has 0 aliphatic carbocycles. The summed E-state index contributed by atoms with van der Waals surface area (Å²) < 4.78 is 16.5. The maximum atomic E-state index is 12.8. The Morgan fingerprint density at radius 2 is 1.86 bits per heavy atom. The molecule has 2 heterocycles. The lowest BCUT2D eigenvalue weighted by atomic mass is 10.1. The van der Waals surface area contributed by atoms with E-state index in [0.717, 1.165) is 55.6 Å². The standard InChI is InChI=1S/C22H27N3O4/c1-27-20-5-3-19(4-6-20)23-22(26)25-10-13-29-21-7-2-17(14-18(21)16-25)15-24-8-11-28-12-9-24/h2-7,14H,8-13,15-16H2,1H3,(H,23,26). The van der Waals surface area contributed by atoms with Crippen LogP contribution in [0.3, 0.4) is 0 Å². The number of hydrogen-bond donors (Lipinski definition) is 1. The summed E-state index contributed by atoms with van der Waals surface area (Å²) >= 11 is 0. The molecule has 154 valence electrons. The first-order chi connectivity index (χ1) is 14.2. The van der Waals surface area contributed by atoms with Crippen LogP contribution in [0.15, 0.2) is 42.5 Å². The molecule has 2 aliphatic rings. The van der Waals surface area contributed by atoms with Gasteiger partial charge >= 0.3 is 6.03 Å². The number of amides is 2. The van der Waals surface area contributed by atoms with Crippen molar-refractivity contribution in [2.24, 2.45) is 0 Å². The van der Waals surface area contributed by atoms with Crippen molar-refractivity contribution in [3.05, 3.63) is 53.6 Å². The second-order valence-electron chi connectivity index (χ2n) is 7.26. The van der Waals surface area contributed by atoms with Gasteiger partial charge < -0.3 is 24.4 Å². The number of hydrogen-bond acceptors (Lipinski definition) is 5.